The molecule has 3 N–H and O–H groups in total. The lowest BCUT2D eigenvalue weighted by molar-refractivity contribution is 0.0112. The molecule has 186 valence electrons. The number of hydrogen-bond donors (Lipinski definition) is 2. The van der Waals surface area contributed by atoms with Crippen LogP contribution in [0.1, 0.15) is 23.7 Å². The van der Waals surface area contributed by atoms with Gasteiger partial charge in [-0.15, -0.1) is 0 Å². The highest BCUT2D eigenvalue weighted by Crippen LogP contribution is 2.37. The summed E-state index contributed by atoms with van der Waals surface area (Å²) < 4.78 is 39.4. The smallest absolute Gasteiger partial charge is 0.265 e. The van der Waals surface area contributed by atoms with Gasteiger partial charge in [-0.05, 0) is 6.92 Å². The normalized spacial score (nSPS) is 15.3. The first-order valence-corrected chi connectivity index (χ1v) is 10.9. The molecule has 13 heteroatoms. The molecule has 0 saturated carbocycles. The highest BCUT2D eigenvalue weighted by molar-refractivity contribution is 6.04. The van der Waals surface area contributed by atoms with Gasteiger partial charge >= 0.3 is 0 Å². The van der Waals surface area contributed by atoms with E-state index in [9.17, 15) is 18.4 Å². The summed E-state index contributed by atoms with van der Waals surface area (Å²) in [6.07, 6.45) is 3.77. The van der Waals surface area contributed by atoms with E-state index in [1.807, 2.05) is 0 Å². The third-order valence-corrected chi connectivity index (χ3v) is 5.67. The summed E-state index contributed by atoms with van der Waals surface area (Å²) in [6.45, 7) is 2.27. The van der Waals surface area contributed by atoms with Crippen LogP contribution < -0.4 is 26.1 Å². The van der Waals surface area contributed by atoms with Crippen LogP contribution >= 0.6 is 0 Å². The lowest BCUT2D eigenvalue weighted by Gasteiger charge is -2.19. The maximum absolute atomic E-state index is 13.4. The molecule has 0 unspecified atom stereocenters. The second-order valence-electron chi connectivity index (χ2n) is 8.02. The SMILES string of the molecule is CCn1c(NC(=O)c2cncnc2)nc2c(OC)c(OCCN3CCC(F)(F)C3)cc(N)c2c1=O. The van der Waals surface area contributed by atoms with Gasteiger partial charge in [-0.2, -0.15) is 0 Å². The Balaban J connectivity index is 1.67. The van der Waals surface area contributed by atoms with E-state index in [1.54, 1.807) is 11.8 Å². The van der Waals surface area contributed by atoms with Gasteiger partial charge in [0.05, 0.1) is 30.3 Å². The number of halogens is 2. The molecule has 1 aliphatic rings. The molecular weight excluding hydrogens is 464 g/mol. The van der Waals surface area contributed by atoms with Crippen LogP contribution in [-0.4, -0.2) is 69.6 Å². The minimum absolute atomic E-state index is 0.0204. The maximum Gasteiger partial charge on any atom is 0.265 e. The Hall–Kier alpha value is -3.87. The molecule has 0 aliphatic carbocycles. The Kier molecular flexibility index (Phi) is 6.78. The number of ether oxygens (including phenoxy) is 2. The number of carbonyl (C=O) groups excluding carboxylic acids is 1. The molecule has 4 rings (SSSR count). The van der Waals surface area contributed by atoms with Crippen molar-refractivity contribution in [2.24, 2.45) is 0 Å². The van der Waals surface area contributed by atoms with Gasteiger partial charge < -0.3 is 15.2 Å². The topological polar surface area (TPSA) is 137 Å². The van der Waals surface area contributed by atoms with Gasteiger partial charge in [-0.25, -0.2) is 23.7 Å². The van der Waals surface area contributed by atoms with Crippen LogP contribution in [0.25, 0.3) is 10.9 Å². The fourth-order valence-corrected chi connectivity index (χ4v) is 3.94. The molecule has 1 fully saturated rings. The summed E-state index contributed by atoms with van der Waals surface area (Å²) in [4.78, 5) is 39.6. The van der Waals surface area contributed by atoms with Gasteiger partial charge in [0.25, 0.3) is 17.4 Å². The van der Waals surface area contributed by atoms with Gasteiger partial charge in [0, 0.05) is 44.5 Å². The van der Waals surface area contributed by atoms with E-state index in [0.717, 1.165) is 0 Å². The van der Waals surface area contributed by atoms with Crippen LogP contribution in [0, 0.1) is 0 Å². The number of fused-ring (bicyclic) bond motifs is 1. The highest BCUT2D eigenvalue weighted by atomic mass is 19.3. The molecule has 1 aliphatic heterocycles. The van der Waals surface area contributed by atoms with E-state index in [2.05, 4.69) is 20.3 Å². The molecule has 11 nitrogen and oxygen atoms in total. The van der Waals surface area contributed by atoms with Gasteiger partial charge in [0.2, 0.25) is 5.95 Å². The van der Waals surface area contributed by atoms with E-state index < -0.39 is 17.4 Å². The lowest BCUT2D eigenvalue weighted by atomic mass is 10.1. The van der Waals surface area contributed by atoms with E-state index in [0.29, 0.717) is 0 Å². The molecule has 0 radical (unpaired) electrons. The average Bonchev–Trinajstić information content (AvgIpc) is 3.18. The molecule has 0 atom stereocenters. The van der Waals surface area contributed by atoms with Crippen molar-refractivity contribution >= 4 is 28.4 Å². The summed E-state index contributed by atoms with van der Waals surface area (Å²) in [5, 5.41) is 2.71. The first-order valence-electron chi connectivity index (χ1n) is 10.9. The van der Waals surface area contributed by atoms with Gasteiger partial charge in [-0.3, -0.25) is 24.4 Å². The molecular formula is C22H25F2N7O4. The predicted molar refractivity (Wildman–Crippen MR) is 124 cm³/mol. The summed E-state index contributed by atoms with van der Waals surface area (Å²) in [5.74, 6) is -2.92. The van der Waals surface area contributed by atoms with Crippen molar-refractivity contribution in [3.05, 3.63) is 40.7 Å². The van der Waals surface area contributed by atoms with E-state index in [1.165, 1.54) is 36.5 Å². The molecule has 2 aromatic heterocycles. The molecule has 3 heterocycles. The van der Waals surface area contributed by atoms with E-state index in [4.69, 9.17) is 15.2 Å². The number of aromatic nitrogens is 4. The number of nitrogens with one attached hydrogen (secondary N) is 1. The van der Waals surface area contributed by atoms with E-state index in [-0.39, 0.29) is 78.8 Å². The zero-order chi connectivity index (χ0) is 25.2. The molecule has 1 amide bonds. The zero-order valence-corrected chi connectivity index (χ0v) is 19.3. The van der Waals surface area contributed by atoms with Crippen molar-refractivity contribution < 1.29 is 23.0 Å². The van der Waals surface area contributed by atoms with Crippen LogP contribution in [0.15, 0.2) is 29.6 Å². The average molecular weight is 489 g/mol. The Morgan fingerprint density at radius 2 is 2.06 bits per heavy atom. The van der Waals surface area contributed by atoms with Gasteiger partial charge in [-0.1, -0.05) is 0 Å². The number of nitrogens with zero attached hydrogens (tertiary/aromatic N) is 5. The number of benzene rings is 1. The van der Waals surface area contributed by atoms with Crippen LogP contribution in [0.2, 0.25) is 0 Å². The van der Waals surface area contributed by atoms with Crippen molar-refractivity contribution in [2.75, 3.05) is 44.4 Å². The number of carbonyl (C=O) groups is 1. The van der Waals surface area contributed by atoms with E-state index >= 15 is 0 Å². The lowest BCUT2D eigenvalue weighted by Crippen LogP contribution is -2.29. The number of methoxy groups -OCH3 is 1. The summed E-state index contributed by atoms with van der Waals surface area (Å²) in [6, 6.07) is 1.45. The van der Waals surface area contributed by atoms with Crippen molar-refractivity contribution in [1.29, 1.82) is 0 Å². The second kappa shape index (κ2) is 9.78. The van der Waals surface area contributed by atoms with Crippen LogP contribution in [0.4, 0.5) is 20.4 Å². The molecule has 0 bridgehead atoms. The molecule has 35 heavy (non-hydrogen) atoms. The number of hydrogen-bond acceptors (Lipinski definition) is 9. The third kappa shape index (κ3) is 4.99. The molecule has 1 saturated heterocycles. The Morgan fingerprint density at radius 1 is 1.31 bits per heavy atom. The number of nitrogen functional groups attached to an aromatic ring is 1. The minimum Gasteiger partial charge on any atom is -0.491 e. The maximum atomic E-state index is 13.4. The number of anilines is 2. The van der Waals surface area contributed by atoms with Gasteiger partial charge in [0.15, 0.2) is 11.5 Å². The third-order valence-electron chi connectivity index (χ3n) is 5.67. The fraction of sp³-hybridized carbons (Fsp3) is 0.409. The fourth-order valence-electron chi connectivity index (χ4n) is 3.94. The van der Waals surface area contributed by atoms with Crippen LogP contribution in [0.5, 0.6) is 11.5 Å². The Labute approximate surface area is 198 Å². The Bertz CT molecular complexity index is 1300. The monoisotopic (exact) mass is 489 g/mol. The first kappa shape index (κ1) is 24.3. The minimum atomic E-state index is -2.69. The van der Waals surface area contributed by atoms with Crippen molar-refractivity contribution in [2.45, 2.75) is 25.8 Å². The Morgan fingerprint density at radius 3 is 2.69 bits per heavy atom. The summed E-state index contributed by atoms with van der Waals surface area (Å²) in [5.41, 5.74) is 6.09. The van der Waals surface area contributed by atoms with Crippen molar-refractivity contribution in [3.63, 3.8) is 0 Å². The number of rotatable bonds is 8. The summed E-state index contributed by atoms with van der Waals surface area (Å²) in [7, 11) is 1.38. The standard InChI is InChI=1S/C22H25F2N7O4/c1-3-31-20(33)16-14(25)8-15(35-7-6-30-5-4-22(23,24)11-30)18(34-2)17(16)28-21(31)29-19(32)13-9-26-12-27-10-13/h8-10,12H,3-7,11,25H2,1-2H3,(H,28,29,32). The summed E-state index contributed by atoms with van der Waals surface area (Å²) >= 11 is 0. The van der Waals surface area contributed by atoms with Crippen molar-refractivity contribution in [3.8, 4) is 11.5 Å². The number of likely N-dealkylation sites (tertiary alicyclic amines) is 1. The number of nitrogens with two attached hydrogens (primary N) is 1. The number of alkyl halides is 2. The molecule has 1 aromatic carbocycles. The largest absolute Gasteiger partial charge is 0.491 e. The zero-order valence-electron chi connectivity index (χ0n) is 19.3. The molecule has 0 spiro atoms. The quantitative estimate of drug-likeness (QED) is 0.454. The first-order chi connectivity index (χ1) is 16.7. The van der Waals surface area contributed by atoms with Crippen LogP contribution in [-0.2, 0) is 6.54 Å². The molecule has 3 aromatic rings. The van der Waals surface area contributed by atoms with Crippen LogP contribution in [0.3, 0.4) is 0 Å². The predicted octanol–water partition coefficient (Wildman–Crippen LogP) is 1.77. The van der Waals surface area contributed by atoms with Crippen molar-refractivity contribution in [1.82, 2.24) is 24.4 Å². The highest BCUT2D eigenvalue weighted by Gasteiger charge is 2.37. The second-order valence-corrected chi connectivity index (χ2v) is 8.02. The number of amides is 1. The van der Waals surface area contributed by atoms with Gasteiger partial charge in [0.1, 0.15) is 18.5 Å².